The Hall–Kier alpha value is -4.56. The molecule has 1 unspecified atom stereocenters. The van der Waals surface area contributed by atoms with Gasteiger partial charge in [0.2, 0.25) is 17.7 Å². The molecule has 67 heavy (non-hydrogen) atoms. The molecule has 0 radical (unpaired) electrons. The minimum atomic E-state index is -1.04. The van der Waals surface area contributed by atoms with E-state index in [0.29, 0.717) is 45.1 Å². The maximum absolute atomic E-state index is 14.8. The minimum Gasteiger partial charge on any atom is -0.481 e. The number of ether oxygens (including phenoxy) is 2. The van der Waals surface area contributed by atoms with Crippen LogP contribution in [0.3, 0.4) is 0 Å². The first-order valence-corrected chi connectivity index (χ1v) is 24.9. The molecular formula is C53H79N3O11. The summed E-state index contributed by atoms with van der Waals surface area (Å²) >= 11 is 0. The summed E-state index contributed by atoms with van der Waals surface area (Å²) in [5.74, 6) is -5.74. The molecule has 14 nitrogen and oxygen atoms in total. The normalized spacial score (nSPS) is 20.1. The van der Waals surface area contributed by atoms with E-state index in [-0.39, 0.29) is 90.7 Å². The molecule has 3 aliphatic rings. The number of unbranched alkanes of at least 4 members (excludes halogenated alkanes) is 2. The van der Waals surface area contributed by atoms with Crippen molar-refractivity contribution in [2.45, 2.75) is 168 Å². The van der Waals surface area contributed by atoms with Gasteiger partial charge in [0, 0.05) is 58.9 Å². The van der Waals surface area contributed by atoms with Crippen LogP contribution in [0, 0.1) is 41.4 Å². The number of Topliss-reactive ketones (excluding diaryl/α,β-unsaturated/α-hetero) is 2. The van der Waals surface area contributed by atoms with Crippen molar-refractivity contribution in [3.05, 3.63) is 48.0 Å². The van der Waals surface area contributed by atoms with Crippen LogP contribution in [0.1, 0.15) is 136 Å². The Morgan fingerprint density at radius 3 is 2.03 bits per heavy atom. The highest BCUT2D eigenvalue weighted by Crippen LogP contribution is 2.35. The smallest absolute Gasteiger partial charge is 0.307 e. The van der Waals surface area contributed by atoms with Crippen molar-refractivity contribution in [2.24, 2.45) is 41.4 Å². The van der Waals surface area contributed by atoms with Gasteiger partial charge in [-0.15, -0.1) is 0 Å². The number of nitrogens with zero attached hydrogens (tertiary/aromatic N) is 2. The number of likely N-dealkylation sites (N-methyl/N-ethyl adjacent to an activating group) is 1. The summed E-state index contributed by atoms with van der Waals surface area (Å²) in [4.78, 5) is 110. The second-order valence-corrected chi connectivity index (χ2v) is 20.1. The minimum absolute atomic E-state index is 0.0104. The van der Waals surface area contributed by atoms with Gasteiger partial charge < -0.3 is 29.7 Å². The number of carbonyl (C=O) groups excluding carboxylic acids is 7. The molecule has 14 heteroatoms. The van der Waals surface area contributed by atoms with Crippen molar-refractivity contribution >= 4 is 46.8 Å². The lowest BCUT2D eigenvalue weighted by molar-refractivity contribution is -0.150. The number of aliphatic carboxylic acids is 1. The van der Waals surface area contributed by atoms with Gasteiger partial charge in [0.1, 0.15) is 5.78 Å². The Kier molecular flexibility index (Phi) is 22.1. The van der Waals surface area contributed by atoms with E-state index in [4.69, 9.17) is 9.47 Å². The number of rotatable bonds is 28. The number of carboxylic acids is 1. The van der Waals surface area contributed by atoms with Crippen molar-refractivity contribution in [1.82, 2.24) is 15.1 Å². The zero-order valence-electron chi connectivity index (χ0n) is 41.4. The lowest BCUT2D eigenvalue weighted by Crippen LogP contribution is -2.55. The van der Waals surface area contributed by atoms with Crippen LogP contribution < -0.4 is 5.32 Å². The molecule has 2 N–H and O–H groups in total. The highest BCUT2D eigenvalue weighted by molar-refractivity contribution is 6.18. The summed E-state index contributed by atoms with van der Waals surface area (Å²) in [6.45, 7) is 9.77. The molecule has 1 heterocycles. The molecular weight excluding hydrogens is 855 g/mol. The van der Waals surface area contributed by atoms with Crippen molar-refractivity contribution < 1.29 is 52.9 Å². The molecule has 8 atom stereocenters. The van der Waals surface area contributed by atoms with Crippen LogP contribution in [0.4, 0.5) is 0 Å². The first-order valence-electron chi connectivity index (χ1n) is 24.9. The van der Waals surface area contributed by atoms with Gasteiger partial charge in [0.25, 0.3) is 0 Å². The van der Waals surface area contributed by atoms with Crippen molar-refractivity contribution in [3.63, 3.8) is 0 Å². The Balaban J connectivity index is 1.43. The van der Waals surface area contributed by atoms with Gasteiger partial charge in [-0.1, -0.05) is 97.1 Å². The SMILES string of the molecule is CO[C@H]([C@@H](C)C(=O)C[C@@H](Cc1ccccc1)C(=O)O)[C@@H]1CCCN1C(=O)C[C@@H](OC)[C@H](C1CCCCC1)N(C)C(=O)C(CC(=O)[C@@H](NC(=O)CCCCCC1C(=O)C=CC1=O)C(C)C)C(C)C. The van der Waals surface area contributed by atoms with E-state index < -0.39 is 60.0 Å². The summed E-state index contributed by atoms with van der Waals surface area (Å²) in [6.07, 6.45) is 9.88. The number of likely N-dealkylation sites (tertiary alicyclic amines) is 1. The average molecular weight is 934 g/mol. The Labute approximate surface area is 398 Å². The third-order valence-electron chi connectivity index (χ3n) is 14.7. The summed E-state index contributed by atoms with van der Waals surface area (Å²) in [7, 11) is 4.84. The van der Waals surface area contributed by atoms with Crippen molar-refractivity contribution in [1.29, 1.82) is 0 Å². The molecule has 1 saturated heterocycles. The van der Waals surface area contributed by atoms with Crippen LogP contribution in [0.25, 0.3) is 0 Å². The van der Waals surface area contributed by atoms with E-state index in [0.717, 1.165) is 37.7 Å². The largest absolute Gasteiger partial charge is 0.481 e. The lowest BCUT2D eigenvalue weighted by Gasteiger charge is -2.43. The van der Waals surface area contributed by atoms with Crippen LogP contribution in [-0.2, 0) is 54.3 Å². The molecule has 1 aliphatic heterocycles. The molecule has 4 rings (SSSR count). The van der Waals surface area contributed by atoms with Gasteiger partial charge in [-0.25, -0.2) is 0 Å². The molecule has 0 bridgehead atoms. The average Bonchev–Trinajstić information content (AvgIpc) is 3.92. The molecule has 0 aromatic heterocycles. The number of benzene rings is 1. The number of hydrogen-bond acceptors (Lipinski definition) is 10. The summed E-state index contributed by atoms with van der Waals surface area (Å²) in [5.41, 5.74) is 0.834. The number of ketones is 4. The van der Waals surface area contributed by atoms with Gasteiger partial charge in [0.15, 0.2) is 17.3 Å². The van der Waals surface area contributed by atoms with Crippen LogP contribution in [0.15, 0.2) is 42.5 Å². The lowest BCUT2D eigenvalue weighted by atomic mass is 9.79. The van der Waals surface area contributed by atoms with Gasteiger partial charge >= 0.3 is 5.97 Å². The number of methoxy groups -OCH3 is 2. The molecule has 1 aromatic carbocycles. The van der Waals surface area contributed by atoms with E-state index in [1.165, 1.54) is 19.3 Å². The first-order chi connectivity index (χ1) is 31.9. The topological polar surface area (TPSA) is 194 Å². The zero-order valence-corrected chi connectivity index (χ0v) is 41.4. The summed E-state index contributed by atoms with van der Waals surface area (Å²) < 4.78 is 12.1. The number of allylic oxidation sites excluding steroid dienone is 2. The highest BCUT2D eigenvalue weighted by Gasteiger charge is 2.44. The van der Waals surface area contributed by atoms with Gasteiger partial charge in [-0.05, 0) is 80.4 Å². The molecule has 2 aliphatic carbocycles. The number of carboxylic acid groups (broad SMARTS) is 1. The molecule has 1 saturated carbocycles. The van der Waals surface area contributed by atoms with Crippen molar-refractivity contribution in [3.8, 4) is 0 Å². The second-order valence-electron chi connectivity index (χ2n) is 20.1. The fraction of sp³-hybridized carbons (Fsp3) is 0.698. The molecule has 2 fully saturated rings. The number of hydrogen-bond donors (Lipinski definition) is 2. The van der Waals surface area contributed by atoms with Gasteiger partial charge in [-0.3, -0.25) is 38.4 Å². The van der Waals surface area contributed by atoms with E-state index in [9.17, 15) is 43.5 Å². The Morgan fingerprint density at radius 1 is 0.791 bits per heavy atom. The molecule has 1 aromatic rings. The number of carbonyl (C=O) groups is 8. The maximum Gasteiger partial charge on any atom is 0.307 e. The van der Waals surface area contributed by atoms with Crippen molar-refractivity contribution in [2.75, 3.05) is 27.8 Å². The maximum atomic E-state index is 14.8. The number of nitrogens with one attached hydrogen (secondary N) is 1. The fourth-order valence-corrected chi connectivity index (χ4v) is 10.7. The van der Waals surface area contributed by atoms with Gasteiger partial charge in [0.05, 0.1) is 48.6 Å². The van der Waals surface area contributed by atoms with Gasteiger partial charge in [-0.2, -0.15) is 0 Å². The summed E-state index contributed by atoms with van der Waals surface area (Å²) in [6, 6.07) is 7.56. The molecule has 372 valence electrons. The predicted molar refractivity (Wildman–Crippen MR) is 255 cm³/mol. The quantitative estimate of drug-likeness (QED) is 0.0650. The third-order valence-corrected chi connectivity index (χ3v) is 14.7. The standard InChI is InChI=1S/C53H79N3O11/c1-33(2)40(31-45(60)49(34(3)4)54-47(61)25-17-11-16-23-39-42(57)26-27-43(39)58)52(63)55(6)50(37-21-14-10-15-22-37)46(66-7)32-48(62)56-28-18-24-41(56)51(67-8)35(5)44(59)30-38(53(64)65)29-36-19-12-9-13-20-36/h9,12-13,19-20,26-27,33-35,37-41,46,49-51H,10-11,14-18,21-25,28-32H2,1-8H3,(H,54,61)(H,64,65)/t35-,38+,40?,41-,46+,49-,50-,51+/m0/s1. The number of amides is 3. The highest BCUT2D eigenvalue weighted by atomic mass is 16.5. The molecule has 3 amide bonds. The van der Waals surface area contributed by atoms with E-state index in [1.807, 2.05) is 58.0 Å². The second kappa shape index (κ2) is 26.8. The Bertz CT molecular complexity index is 1860. The van der Waals surface area contributed by atoms with Crippen LogP contribution >= 0.6 is 0 Å². The fourth-order valence-electron chi connectivity index (χ4n) is 10.7. The first kappa shape index (κ1) is 55.0. The van der Waals surface area contributed by atoms with Crippen LogP contribution in [0.5, 0.6) is 0 Å². The monoisotopic (exact) mass is 934 g/mol. The Morgan fingerprint density at radius 2 is 1.45 bits per heavy atom. The van der Waals surface area contributed by atoms with E-state index >= 15 is 0 Å². The van der Waals surface area contributed by atoms with Crippen LogP contribution in [0.2, 0.25) is 0 Å². The zero-order chi connectivity index (χ0) is 49.4. The molecule has 0 spiro atoms. The third kappa shape index (κ3) is 15.5. The van der Waals surface area contributed by atoms with Crippen LogP contribution in [-0.4, -0.2) is 120 Å². The van der Waals surface area contributed by atoms with E-state index in [2.05, 4.69) is 5.32 Å². The van der Waals surface area contributed by atoms with E-state index in [1.54, 1.807) is 30.9 Å². The summed E-state index contributed by atoms with van der Waals surface area (Å²) in [5, 5.41) is 13.0. The predicted octanol–water partition coefficient (Wildman–Crippen LogP) is 6.99.